The summed E-state index contributed by atoms with van der Waals surface area (Å²) in [5.74, 6) is 1.01. The van der Waals surface area contributed by atoms with Gasteiger partial charge in [0.2, 0.25) is 0 Å². The van der Waals surface area contributed by atoms with Crippen LogP contribution in [0.2, 0.25) is 5.02 Å². The zero-order chi connectivity index (χ0) is 18.3. The van der Waals surface area contributed by atoms with Gasteiger partial charge in [-0.05, 0) is 54.2 Å². The third-order valence-corrected chi connectivity index (χ3v) is 5.91. The minimum Gasteiger partial charge on any atom is -0.483 e. The number of benzene rings is 3. The van der Waals surface area contributed by atoms with Gasteiger partial charge in [-0.25, -0.2) is 0 Å². The summed E-state index contributed by atoms with van der Waals surface area (Å²) in [6.45, 7) is 1.87. The van der Waals surface area contributed by atoms with Gasteiger partial charge < -0.3 is 9.64 Å². The number of halogens is 1. The summed E-state index contributed by atoms with van der Waals surface area (Å²) in [5, 5.41) is 0.824. The number of hydrogen-bond acceptors (Lipinski definition) is 2. The number of rotatable bonds is 4. The summed E-state index contributed by atoms with van der Waals surface area (Å²) in [6, 6.07) is 25.3. The molecular weight excluding hydrogens is 354 g/mol. The van der Waals surface area contributed by atoms with E-state index in [-0.39, 0.29) is 5.60 Å². The molecule has 5 rings (SSSR count). The SMILES string of the molecule is Clc1ccccc1Cc1ccc2c(c1)N(Cc1ccccc1)CC1(CC1)O2. The molecule has 1 spiro atoms. The van der Waals surface area contributed by atoms with Crippen LogP contribution < -0.4 is 9.64 Å². The minimum atomic E-state index is 0.0338. The van der Waals surface area contributed by atoms with Crippen molar-refractivity contribution < 1.29 is 4.74 Å². The van der Waals surface area contributed by atoms with Crippen molar-refractivity contribution in [2.45, 2.75) is 31.4 Å². The monoisotopic (exact) mass is 375 g/mol. The molecule has 0 amide bonds. The molecule has 3 aromatic rings. The van der Waals surface area contributed by atoms with E-state index in [2.05, 4.69) is 59.5 Å². The van der Waals surface area contributed by atoms with E-state index in [0.717, 1.165) is 48.7 Å². The highest BCUT2D eigenvalue weighted by molar-refractivity contribution is 6.31. The lowest BCUT2D eigenvalue weighted by Gasteiger charge is -2.37. The first kappa shape index (κ1) is 16.7. The molecule has 1 aliphatic carbocycles. The molecule has 0 N–H and O–H groups in total. The van der Waals surface area contributed by atoms with Crippen LogP contribution in [0.25, 0.3) is 0 Å². The summed E-state index contributed by atoms with van der Waals surface area (Å²) >= 11 is 6.36. The minimum absolute atomic E-state index is 0.0338. The van der Waals surface area contributed by atoms with E-state index in [0.29, 0.717) is 0 Å². The highest BCUT2D eigenvalue weighted by Crippen LogP contribution is 2.49. The summed E-state index contributed by atoms with van der Waals surface area (Å²) in [6.07, 6.45) is 3.13. The van der Waals surface area contributed by atoms with Gasteiger partial charge in [0.15, 0.2) is 0 Å². The fourth-order valence-corrected chi connectivity index (χ4v) is 4.11. The molecule has 0 radical (unpaired) electrons. The summed E-state index contributed by atoms with van der Waals surface area (Å²) in [5.41, 5.74) is 4.98. The first-order valence-corrected chi connectivity index (χ1v) is 9.93. The second-order valence-electron chi connectivity index (χ2n) is 7.70. The van der Waals surface area contributed by atoms with Gasteiger partial charge in [0, 0.05) is 11.6 Å². The Hall–Kier alpha value is -2.45. The van der Waals surface area contributed by atoms with Crippen molar-refractivity contribution in [2.75, 3.05) is 11.4 Å². The lowest BCUT2D eigenvalue weighted by molar-refractivity contribution is 0.171. The van der Waals surface area contributed by atoms with Gasteiger partial charge in [-0.1, -0.05) is 66.2 Å². The van der Waals surface area contributed by atoms with Crippen LogP contribution in [-0.4, -0.2) is 12.1 Å². The first-order chi connectivity index (χ1) is 13.2. The maximum atomic E-state index is 6.36. The molecule has 1 aliphatic heterocycles. The van der Waals surface area contributed by atoms with E-state index in [1.807, 2.05) is 18.2 Å². The Labute approximate surface area is 165 Å². The van der Waals surface area contributed by atoms with Gasteiger partial charge in [-0.15, -0.1) is 0 Å². The van der Waals surface area contributed by atoms with Crippen LogP contribution in [-0.2, 0) is 13.0 Å². The van der Waals surface area contributed by atoms with E-state index in [9.17, 15) is 0 Å². The summed E-state index contributed by atoms with van der Waals surface area (Å²) in [4.78, 5) is 2.48. The lowest BCUT2D eigenvalue weighted by atomic mass is 10.0. The fraction of sp³-hybridized carbons (Fsp3) is 0.250. The Bertz CT molecular complexity index is 965. The van der Waals surface area contributed by atoms with Crippen LogP contribution in [0.15, 0.2) is 72.8 Å². The molecular formula is C24H22ClNO. The molecule has 0 aromatic heterocycles. The van der Waals surface area contributed by atoms with Gasteiger partial charge in [0.1, 0.15) is 11.4 Å². The molecule has 2 aliphatic rings. The zero-order valence-electron chi connectivity index (χ0n) is 15.2. The first-order valence-electron chi connectivity index (χ1n) is 9.55. The van der Waals surface area contributed by atoms with Crippen LogP contribution in [0.1, 0.15) is 29.5 Å². The van der Waals surface area contributed by atoms with Crippen molar-refractivity contribution in [1.29, 1.82) is 0 Å². The molecule has 1 heterocycles. The Kier molecular flexibility index (Phi) is 4.09. The van der Waals surface area contributed by atoms with E-state index in [1.54, 1.807) is 0 Å². The van der Waals surface area contributed by atoms with Crippen molar-refractivity contribution in [3.05, 3.63) is 94.5 Å². The number of anilines is 1. The van der Waals surface area contributed by atoms with E-state index in [4.69, 9.17) is 16.3 Å². The Morgan fingerprint density at radius 1 is 0.889 bits per heavy atom. The second kappa shape index (κ2) is 6.61. The van der Waals surface area contributed by atoms with Crippen LogP contribution in [0, 0.1) is 0 Å². The van der Waals surface area contributed by atoms with Crippen molar-refractivity contribution in [1.82, 2.24) is 0 Å². The highest BCUT2D eigenvalue weighted by atomic mass is 35.5. The van der Waals surface area contributed by atoms with Gasteiger partial charge in [-0.3, -0.25) is 0 Å². The van der Waals surface area contributed by atoms with Crippen LogP contribution >= 0.6 is 11.6 Å². The molecule has 0 saturated heterocycles. The molecule has 0 unspecified atom stereocenters. The Balaban J connectivity index is 1.47. The van der Waals surface area contributed by atoms with E-state index in [1.165, 1.54) is 16.8 Å². The number of hydrogen-bond donors (Lipinski definition) is 0. The van der Waals surface area contributed by atoms with Crippen LogP contribution in [0.4, 0.5) is 5.69 Å². The summed E-state index contributed by atoms with van der Waals surface area (Å²) in [7, 11) is 0. The molecule has 1 saturated carbocycles. The van der Waals surface area contributed by atoms with Crippen LogP contribution in [0.5, 0.6) is 5.75 Å². The molecule has 3 heteroatoms. The Morgan fingerprint density at radius 2 is 1.67 bits per heavy atom. The molecule has 27 heavy (non-hydrogen) atoms. The molecule has 2 nitrogen and oxygen atoms in total. The van der Waals surface area contributed by atoms with E-state index < -0.39 is 0 Å². The summed E-state index contributed by atoms with van der Waals surface area (Å²) < 4.78 is 6.36. The number of fused-ring (bicyclic) bond motifs is 1. The normalized spacial score (nSPS) is 16.7. The van der Waals surface area contributed by atoms with Gasteiger partial charge in [-0.2, -0.15) is 0 Å². The van der Waals surface area contributed by atoms with Crippen molar-refractivity contribution >= 4 is 17.3 Å². The molecule has 0 atom stereocenters. The van der Waals surface area contributed by atoms with Gasteiger partial charge in [0.05, 0.1) is 12.2 Å². The third kappa shape index (κ3) is 3.42. The topological polar surface area (TPSA) is 12.5 Å². The smallest absolute Gasteiger partial charge is 0.143 e. The lowest BCUT2D eigenvalue weighted by Crippen LogP contribution is -2.41. The van der Waals surface area contributed by atoms with Crippen molar-refractivity contribution in [3.63, 3.8) is 0 Å². The highest BCUT2D eigenvalue weighted by Gasteiger charge is 2.50. The predicted octanol–water partition coefficient (Wildman–Crippen LogP) is 5.86. The largest absolute Gasteiger partial charge is 0.483 e. The second-order valence-corrected chi connectivity index (χ2v) is 8.10. The molecule has 3 aromatic carbocycles. The zero-order valence-corrected chi connectivity index (χ0v) is 16.0. The molecule has 0 bridgehead atoms. The quantitative estimate of drug-likeness (QED) is 0.566. The average Bonchev–Trinajstić information content (AvgIpc) is 3.43. The third-order valence-electron chi connectivity index (χ3n) is 5.55. The number of nitrogens with zero attached hydrogens (tertiary/aromatic N) is 1. The van der Waals surface area contributed by atoms with E-state index >= 15 is 0 Å². The molecule has 136 valence electrons. The number of ether oxygens (including phenoxy) is 1. The molecule has 1 fully saturated rings. The Morgan fingerprint density at radius 3 is 2.44 bits per heavy atom. The predicted molar refractivity (Wildman–Crippen MR) is 111 cm³/mol. The average molecular weight is 376 g/mol. The maximum Gasteiger partial charge on any atom is 0.143 e. The fourth-order valence-electron chi connectivity index (χ4n) is 3.91. The van der Waals surface area contributed by atoms with Gasteiger partial charge in [0.25, 0.3) is 0 Å². The van der Waals surface area contributed by atoms with Gasteiger partial charge >= 0.3 is 0 Å². The van der Waals surface area contributed by atoms with Crippen molar-refractivity contribution in [3.8, 4) is 5.75 Å². The standard InChI is InChI=1S/C24H22ClNO/c25-21-9-5-4-8-20(21)14-19-10-11-23-22(15-19)26(17-24(27-23)12-13-24)16-18-6-2-1-3-7-18/h1-11,15H,12-14,16-17H2. The maximum absolute atomic E-state index is 6.36. The van der Waals surface area contributed by atoms with Crippen LogP contribution in [0.3, 0.4) is 0 Å². The van der Waals surface area contributed by atoms with Crippen molar-refractivity contribution in [2.24, 2.45) is 0 Å².